The Morgan fingerprint density at radius 3 is 2.42 bits per heavy atom. The second kappa shape index (κ2) is 5.57. The number of aryl methyl sites for hydroxylation is 2. The van der Waals surface area contributed by atoms with E-state index in [1.807, 2.05) is 25.1 Å². The fourth-order valence-electron chi connectivity index (χ4n) is 1.73. The van der Waals surface area contributed by atoms with Crippen LogP contribution < -0.4 is 5.32 Å². The maximum atomic E-state index is 13.6. The predicted octanol–water partition coefficient (Wildman–Crippen LogP) is 4.85. The normalized spacial score (nSPS) is 10.6. The highest BCUT2D eigenvalue weighted by Gasteiger charge is 2.07. The van der Waals surface area contributed by atoms with Crippen molar-refractivity contribution < 1.29 is 8.78 Å². The van der Waals surface area contributed by atoms with Gasteiger partial charge in [0.1, 0.15) is 11.6 Å². The summed E-state index contributed by atoms with van der Waals surface area (Å²) in [5, 5.41) is 3.53. The molecule has 0 aromatic heterocycles. The van der Waals surface area contributed by atoms with E-state index >= 15 is 0 Å². The first-order valence-corrected chi connectivity index (χ1v) is 6.29. The van der Waals surface area contributed by atoms with Crippen molar-refractivity contribution in [2.45, 2.75) is 20.4 Å². The second-order valence-electron chi connectivity index (χ2n) is 4.52. The van der Waals surface area contributed by atoms with Crippen molar-refractivity contribution in [2.24, 2.45) is 0 Å². The number of anilines is 1. The van der Waals surface area contributed by atoms with Crippen molar-refractivity contribution in [3.63, 3.8) is 0 Å². The summed E-state index contributed by atoms with van der Waals surface area (Å²) in [6.07, 6.45) is 0. The Kier molecular flexibility index (Phi) is 4.05. The van der Waals surface area contributed by atoms with Crippen LogP contribution in [0.5, 0.6) is 0 Å². The standard InChI is InChI=1S/C15H14ClF2N/c1-9-3-4-11(6-12(9)16)8-19-15-7-13(17)10(2)5-14(15)18/h3-7,19H,8H2,1-2H3. The molecule has 0 radical (unpaired) electrons. The summed E-state index contributed by atoms with van der Waals surface area (Å²) >= 11 is 6.01. The molecule has 2 rings (SSSR count). The van der Waals surface area contributed by atoms with Gasteiger partial charge in [0.25, 0.3) is 0 Å². The molecule has 0 spiro atoms. The second-order valence-corrected chi connectivity index (χ2v) is 4.93. The highest BCUT2D eigenvalue weighted by Crippen LogP contribution is 2.21. The van der Waals surface area contributed by atoms with Gasteiger partial charge in [-0.05, 0) is 42.7 Å². The number of hydrogen-bond donors (Lipinski definition) is 1. The van der Waals surface area contributed by atoms with Gasteiger partial charge in [0.2, 0.25) is 0 Å². The van der Waals surface area contributed by atoms with Crippen LogP contribution >= 0.6 is 11.6 Å². The van der Waals surface area contributed by atoms with Crippen molar-refractivity contribution in [2.75, 3.05) is 5.32 Å². The smallest absolute Gasteiger partial charge is 0.146 e. The van der Waals surface area contributed by atoms with Crippen LogP contribution in [0.25, 0.3) is 0 Å². The first-order valence-electron chi connectivity index (χ1n) is 5.92. The van der Waals surface area contributed by atoms with Crippen molar-refractivity contribution in [1.29, 1.82) is 0 Å². The highest BCUT2D eigenvalue weighted by molar-refractivity contribution is 6.31. The average Bonchev–Trinajstić information content (AvgIpc) is 2.36. The quantitative estimate of drug-likeness (QED) is 0.848. The van der Waals surface area contributed by atoms with Crippen molar-refractivity contribution in [3.05, 3.63) is 63.7 Å². The monoisotopic (exact) mass is 281 g/mol. The highest BCUT2D eigenvalue weighted by atomic mass is 35.5. The summed E-state index contributed by atoms with van der Waals surface area (Å²) in [6, 6.07) is 7.95. The van der Waals surface area contributed by atoms with Gasteiger partial charge in [-0.15, -0.1) is 0 Å². The van der Waals surface area contributed by atoms with E-state index < -0.39 is 11.6 Å². The van der Waals surface area contributed by atoms with Gasteiger partial charge in [0.15, 0.2) is 0 Å². The van der Waals surface area contributed by atoms with Crippen molar-refractivity contribution >= 4 is 17.3 Å². The van der Waals surface area contributed by atoms with Crippen LogP contribution in [0.1, 0.15) is 16.7 Å². The maximum Gasteiger partial charge on any atom is 0.146 e. The first kappa shape index (κ1) is 13.8. The van der Waals surface area contributed by atoms with Crippen LogP contribution in [0.4, 0.5) is 14.5 Å². The average molecular weight is 282 g/mol. The minimum atomic E-state index is -0.461. The van der Waals surface area contributed by atoms with E-state index in [1.165, 1.54) is 19.1 Å². The molecule has 0 aliphatic rings. The number of halogens is 3. The van der Waals surface area contributed by atoms with Gasteiger partial charge in [-0.2, -0.15) is 0 Å². The number of nitrogens with one attached hydrogen (secondary N) is 1. The van der Waals surface area contributed by atoms with E-state index in [9.17, 15) is 8.78 Å². The largest absolute Gasteiger partial charge is 0.379 e. The Labute approximate surface area is 116 Å². The first-order chi connectivity index (χ1) is 8.97. The lowest BCUT2D eigenvalue weighted by Crippen LogP contribution is -2.03. The molecule has 19 heavy (non-hydrogen) atoms. The molecule has 0 fully saturated rings. The molecule has 100 valence electrons. The summed E-state index contributed by atoms with van der Waals surface area (Å²) in [6.45, 7) is 3.83. The van der Waals surface area contributed by atoms with Gasteiger partial charge < -0.3 is 5.32 Å². The Hall–Kier alpha value is -1.61. The van der Waals surface area contributed by atoms with Gasteiger partial charge in [-0.1, -0.05) is 23.7 Å². The Morgan fingerprint density at radius 1 is 1.00 bits per heavy atom. The lowest BCUT2D eigenvalue weighted by atomic mass is 10.1. The molecule has 1 nitrogen and oxygen atoms in total. The van der Waals surface area contributed by atoms with Crippen LogP contribution in [0.15, 0.2) is 30.3 Å². The lowest BCUT2D eigenvalue weighted by molar-refractivity contribution is 0.594. The zero-order valence-electron chi connectivity index (χ0n) is 10.7. The van der Waals surface area contributed by atoms with Crippen LogP contribution in [0.2, 0.25) is 5.02 Å². The third-order valence-electron chi connectivity index (χ3n) is 2.97. The fourth-order valence-corrected chi connectivity index (χ4v) is 1.93. The molecule has 0 heterocycles. The summed E-state index contributed by atoms with van der Waals surface area (Å²) in [7, 11) is 0. The number of rotatable bonds is 3. The molecular weight excluding hydrogens is 268 g/mol. The zero-order valence-corrected chi connectivity index (χ0v) is 11.5. The van der Waals surface area contributed by atoms with E-state index in [0.717, 1.165) is 11.1 Å². The molecule has 0 atom stereocenters. The minimum absolute atomic E-state index is 0.153. The molecule has 2 aromatic carbocycles. The topological polar surface area (TPSA) is 12.0 Å². The van der Waals surface area contributed by atoms with Gasteiger partial charge >= 0.3 is 0 Å². The molecule has 4 heteroatoms. The van der Waals surface area contributed by atoms with E-state index in [0.29, 0.717) is 17.1 Å². The zero-order chi connectivity index (χ0) is 14.0. The van der Waals surface area contributed by atoms with Crippen LogP contribution in [0.3, 0.4) is 0 Å². The van der Waals surface area contributed by atoms with Crippen LogP contribution in [0, 0.1) is 25.5 Å². The number of benzene rings is 2. The molecule has 0 aliphatic heterocycles. The molecule has 0 saturated heterocycles. The fraction of sp³-hybridized carbons (Fsp3) is 0.200. The predicted molar refractivity (Wildman–Crippen MR) is 74.6 cm³/mol. The van der Waals surface area contributed by atoms with E-state index in [1.54, 1.807) is 0 Å². The van der Waals surface area contributed by atoms with E-state index in [-0.39, 0.29) is 5.69 Å². The summed E-state index contributed by atoms with van der Waals surface area (Å²) in [4.78, 5) is 0. The molecule has 2 aromatic rings. The minimum Gasteiger partial charge on any atom is -0.379 e. The lowest BCUT2D eigenvalue weighted by Gasteiger charge is -2.10. The van der Waals surface area contributed by atoms with Crippen molar-refractivity contribution in [1.82, 2.24) is 0 Å². The molecule has 0 bridgehead atoms. The summed E-state index contributed by atoms with van der Waals surface area (Å²) in [5.74, 6) is -0.886. The van der Waals surface area contributed by atoms with E-state index in [4.69, 9.17) is 11.6 Å². The molecule has 0 aliphatic carbocycles. The van der Waals surface area contributed by atoms with Crippen molar-refractivity contribution in [3.8, 4) is 0 Å². The van der Waals surface area contributed by atoms with E-state index in [2.05, 4.69) is 5.32 Å². The van der Waals surface area contributed by atoms with Crippen LogP contribution in [-0.2, 0) is 6.54 Å². The SMILES string of the molecule is Cc1cc(F)c(NCc2ccc(C)c(Cl)c2)cc1F. The van der Waals surface area contributed by atoms with Gasteiger partial charge in [0, 0.05) is 17.6 Å². The van der Waals surface area contributed by atoms with Gasteiger partial charge in [-0.3, -0.25) is 0 Å². The van der Waals surface area contributed by atoms with Crippen LogP contribution in [-0.4, -0.2) is 0 Å². The molecule has 0 saturated carbocycles. The maximum absolute atomic E-state index is 13.6. The Balaban J connectivity index is 2.14. The number of hydrogen-bond acceptors (Lipinski definition) is 1. The Bertz CT molecular complexity index is 611. The van der Waals surface area contributed by atoms with Gasteiger partial charge in [0.05, 0.1) is 5.69 Å². The third-order valence-corrected chi connectivity index (χ3v) is 3.37. The third kappa shape index (κ3) is 3.24. The molecule has 1 N–H and O–H groups in total. The molecular formula is C15H14ClF2N. The summed E-state index contributed by atoms with van der Waals surface area (Å²) in [5.41, 5.74) is 2.34. The molecule has 0 amide bonds. The summed E-state index contributed by atoms with van der Waals surface area (Å²) < 4.78 is 27.0. The molecule has 0 unspecified atom stereocenters. The Morgan fingerprint density at radius 2 is 1.74 bits per heavy atom. The van der Waals surface area contributed by atoms with Gasteiger partial charge in [-0.25, -0.2) is 8.78 Å².